The molecule has 0 unspecified atom stereocenters. The molecule has 0 N–H and O–H groups in total. The van der Waals surface area contributed by atoms with E-state index in [-0.39, 0.29) is 10.9 Å². The molecule has 1 saturated heterocycles. The zero-order chi connectivity index (χ0) is 16.2. The Morgan fingerprint density at radius 1 is 1.13 bits per heavy atom. The van der Waals surface area contributed by atoms with Gasteiger partial charge in [-0.3, -0.25) is 0 Å². The molecule has 0 saturated carbocycles. The Morgan fingerprint density at radius 2 is 1.87 bits per heavy atom. The normalized spacial score (nSPS) is 16.8. The van der Waals surface area contributed by atoms with Crippen molar-refractivity contribution in [1.82, 2.24) is 33.6 Å². The molecule has 3 aromatic heterocycles. The monoisotopic (exact) mass is 333 g/mol. The Hall–Kier alpha value is -2.33. The molecule has 4 rings (SSSR count). The Bertz CT molecular complexity index is 985. The standard InChI is InChI=1S/C13H15N7O2S/c1-18-7-10(16-8-18)23(21,22)20-5-9(6-20)11-12-13(19(2)17-11)15-4-3-14-12/h3-4,7-9H,5-6H2,1-2H3. The fourth-order valence-electron chi connectivity index (χ4n) is 2.74. The zero-order valence-corrected chi connectivity index (χ0v) is 13.5. The molecule has 23 heavy (non-hydrogen) atoms. The highest BCUT2D eigenvalue weighted by Gasteiger charge is 2.40. The molecule has 10 heteroatoms. The average Bonchev–Trinajstić information content (AvgIpc) is 3.03. The third-order valence-corrected chi connectivity index (χ3v) is 5.72. The molecule has 0 amide bonds. The van der Waals surface area contributed by atoms with Gasteiger partial charge in [-0.25, -0.2) is 28.1 Å². The molecule has 0 aromatic carbocycles. The van der Waals surface area contributed by atoms with Crippen LogP contribution in [0.2, 0.25) is 0 Å². The largest absolute Gasteiger partial charge is 0.339 e. The van der Waals surface area contributed by atoms with Crippen LogP contribution in [0.5, 0.6) is 0 Å². The molecule has 3 aromatic rings. The van der Waals surface area contributed by atoms with Gasteiger partial charge in [0.25, 0.3) is 10.0 Å². The Balaban J connectivity index is 1.59. The quantitative estimate of drug-likeness (QED) is 0.663. The number of aryl methyl sites for hydroxylation is 2. The molecular formula is C13H15N7O2S. The van der Waals surface area contributed by atoms with E-state index in [4.69, 9.17) is 0 Å². The number of sulfonamides is 1. The van der Waals surface area contributed by atoms with E-state index in [1.54, 1.807) is 28.7 Å². The molecule has 0 atom stereocenters. The Morgan fingerprint density at radius 3 is 2.57 bits per heavy atom. The minimum atomic E-state index is -3.54. The van der Waals surface area contributed by atoms with Gasteiger partial charge in [0.1, 0.15) is 5.52 Å². The summed E-state index contributed by atoms with van der Waals surface area (Å²) in [6, 6.07) is 0. The van der Waals surface area contributed by atoms with Crippen LogP contribution >= 0.6 is 0 Å². The topological polar surface area (TPSA) is 98.8 Å². The second kappa shape index (κ2) is 4.83. The Labute approximate surface area is 132 Å². The third kappa shape index (κ3) is 2.13. The number of rotatable bonds is 3. The molecule has 0 bridgehead atoms. The maximum absolute atomic E-state index is 12.5. The number of hydrogen-bond acceptors (Lipinski definition) is 6. The van der Waals surface area contributed by atoms with Gasteiger partial charge in [-0.1, -0.05) is 0 Å². The number of nitrogens with zero attached hydrogens (tertiary/aromatic N) is 7. The summed E-state index contributed by atoms with van der Waals surface area (Å²) in [5.41, 5.74) is 2.23. The first-order chi connectivity index (χ1) is 11.0. The van der Waals surface area contributed by atoms with Crippen molar-refractivity contribution >= 4 is 21.2 Å². The summed E-state index contributed by atoms with van der Waals surface area (Å²) in [4.78, 5) is 12.5. The minimum absolute atomic E-state index is 0.0221. The van der Waals surface area contributed by atoms with E-state index in [1.165, 1.54) is 16.8 Å². The van der Waals surface area contributed by atoms with Gasteiger partial charge in [-0.15, -0.1) is 0 Å². The second-order valence-electron chi connectivity index (χ2n) is 5.63. The van der Waals surface area contributed by atoms with Crippen LogP contribution in [0.4, 0.5) is 0 Å². The lowest BCUT2D eigenvalue weighted by Gasteiger charge is -2.36. The van der Waals surface area contributed by atoms with Crippen molar-refractivity contribution in [3.05, 3.63) is 30.6 Å². The molecule has 1 aliphatic rings. The molecule has 0 spiro atoms. The van der Waals surface area contributed by atoms with Crippen molar-refractivity contribution in [2.45, 2.75) is 10.9 Å². The van der Waals surface area contributed by atoms with Gasteiger partial charge >= 0.3 is 0 Å². The van der Waals surface area contributed by atoms with Crippen LogP contribution in [0.3, 0.4) is 0 Å². The van der Waals surface area contributed by atoms with Crippen LogP contribution in [0, 0.1) is 0 Å². The first-order valence-electron chi connectivity index (χ1n) is 7.08. The highest BCUT2D eigenvalue weighted by atomic mass is 32.2. The number of imidazole rings is 1. The van der Waals surface area contributed by atoms with Crippen molar-refractivity contribution in [3.63, 3.8) is 0 Å². The van der Waals surface area contributed by atoms with Crippen molar-refractivity contribution in [3.8, 4) is 0 Å². The maximum Gasteiger partial charge on any atom is 0.262 e. The first-order valence-corrected chi connectivity index (χ1v) is 8.52. The lowest BCUT2D eigenvalue weighted by atomic mass is 9.99. The summed E-state index contributed by atoms with van der Waals surface area (Å²) >= 11 is 0. The van der Waals surface area contributed by atoms with Crippen molar-refractivity contribution < 1.29 is 8.42 Å². The van der Waals surface area contributed by atoms with E-state index in [0.717, 1.165) is 11.2 Å². The fourth-order valence-corrected chi connectivity index (χ4v) is 4.24. The number of fused-ring (bicyclic) bond motifs is 1. The smallest absolute Gasteiger partial charge is 0.262 e. The van der Waals surface area contributed by atoms with Crippen molar-refractivity contribution in [2.75, 3.05) is 13.1 Å². The summed E-state index contributed by atoms with van der Waals surface area (Å²) < 4.78 is 29.6. The third-order valence-electron chi connectivity index (χ3n) is 4.01. The van der Waals surface area contributed by atoms with Gasteiger partial charge in [0.2, 0.25) is 0 Å². The van der Waals surface area contributed by atoms with Crippen LogP contribution in [-0.2, 0) is 24.1 Å². The zero-order valence-electron chi connectivity index (χ0n) is 12.7. The minimum Gasteiger partial charge on any atom is -0.339 e. The predicted molar refractivity (Wildman–Crippen MR) is 81.0 cm³/mol. The van der Waals surface area contributed by atoms with Gasteiger partial charge in [0, 0.05) is 51.7 Å². The molecular weight excluding hydrogens is 318 g/mol. The van der Waals surface area contributed by atoms with E-state index in [9.17, 15) is 8.42 Å². The van der Waals surface area contributed by atoms with E-state index in [1.807, 2.05) is 7.05 Å². The van der Waals surface area contributed by atoms with Crippen LogP contribution in [0.15, 0.2) is 29.9 Å². The Kier molecular flexibility index (Phi) is 3.00. The van der Waals surface area contributed by atoms with E-state index < -0.39 is 10.0 Å². The SMILES string of the molecule is Cn1cnc(S(=O)(=O)N2CC(c3nn(C)c4nccnc34)C2)c1. The lowest BCUT2D eigenvalue weighted by Crippen LogP contribution is -2.48. The summed E-state index contributed by atoms with van der Waals surface area (Å²) in [7, 11) is 0.00881. The summed E-state index contributed by atoms with van der Waals surface area (Å²) in [6.07, 6.45) is 6.22. The molecule has 1 fully saturated rings. The summed E-state index contributed by atoms with van der Waals surface area (Å²) in [5, 5.41) is 4.53. The van der Waals surface area contributed by atoms with Gasteiger partial charge in [-0.05, 0) is 0 Å². The highest BCUT2D eigenvalue weighted by Crippen LogP contribution is 2.33. The fraction of sp³-hybridized carbons (Fsp3) is 0.385. The highest BCUT2D eigenvalue weighted by molar-refractivity contribution is 7.89. The van der Waals surface area contributed by atoms with Gasteiger partial charge in [-0.2, -0.15) is 9.40 Å². The van der Waals surface area contributed by atoms with Crippen molar-refractivity contribution in [2.24, 2.45) is 14.1 Å². The van der Waals surface area contributed by atoms with Crippen molar-refractivity contribution in [1.29, 1.82) is 0 Å². The van der Waals surface area contributed by atoms with E-state index in [2.05, 4.69) is 20.1 Å². The van der Waals surface area contributed by atoms with E-state index >= 15 is 0 Å². The van der Waals surface area contributed by atoms with Crippen LogP contribution in [0.25, 0.3) is 11.2 Å². The average molecular weight is 333 g/mol. The predicted octanol–water partition coefficient (Wildman–Crippen LogP) is -0.115. The van der Waals surface area contributed by atoms with Crippen LogP contribution < -0.4 is 0 Å². The van der Waals surface area contributed by atoms with E-state index in [0.29, 0.717) is 18.7 Å². The van der Waals surface area contributed by atoms with Crippen LogP contribution in [-0.4, -0.2) is 55.1 Å². The molecule has 0 aliphatic carbocycles. The maximum atomic E-state index is 12.5. The summed E-state index contributed by atoms with van der Waals surface area (Å²) in [6.45, 7) is 0.753. The second-order valence-corrected chi connectivity index (χ2v) is 7.52. The molecule has 120 valence electrons. The van der Waals surface area contributed by atoms with Gasteiger partial charge in [0.15, 0.2) is 10.7 Å². The van der Waals surface area contributed by atoms with Gasteiger partial charge in [0.05, 0.1) is 12.0 Å². The first kappa shape index (κ1) is 14.3. The van der Waals surface area contributed by atoms with Gasteiger partial charge < -0.3 is 4.57 Å². The number of hydrogen-bond donors (Lipinski definition) is 0. The van der Waals surface area contributed by atoms with Crippen LogP contribution in [0.1, 0.15) is 11.6 Å². The lowest BCUT2D eigenvalue weighted by molar-refractivity contribution is 0.259. The molecule has 1 aliphatic heterocycles. The number of aromatic nitrogens is 6. The molecule has 4 heterocycles. The molecule has 0 radical (unpaired) electrons. The molecule has 9 nitrogen and oxygen atoms in total. The summed E-state index contributed by atoms with van der Waals surface area (Å²) in [5.74, 6) is 0.0221.